The Morgan fingerprint density at radius 1 is 1.59 bits per heavy atom. The van der Waals surface area contributed by atoms with Gasteiger partial charge in [0, 0.05) is 30.2 Å². The van der Waals surface area contributed by atoms with Gasteiger partial charge in [0.1, 0.15) is 0 Å². The van der Waals surface area contributed by atoms with Gasteiger partial charge in [0.2, 0.25) is 0 Å². The second-order valence-electron chi connectivity index (χ2n) is 4.75. The number of aliphatic imine (C=N–C) groups is 1. The van der Waals surface area contributed by atoms with Crippen LogP contribution in [-0.2, 0) is 6.54 Å². The lowest BCUT2D eigenvalue weighted by atomic mass is 10.2. The Bertz CT molecular complexity index is 374. The molecule has 0 spiro atoms. The Balaban J connectivity index is 1.88. The van der Waals surface area contributed by atoms with Crippen molar-refractivity contribution >= 4 is 16.9 Å². The van der Waals surface area contributed by atoms with E-state index in [1.807, 2.05) is 30.5 Å². The van der Waals surface area contributed by atoms with Gasteiger partial charge in [-0.1, -0.05) is 18.7 Å². The minimum Gasteiger partial charge on any atom is -0.361 e. The summed E-state index contributed by atoms with van der Waals surface area (Å²) in [4.78, 5) is 8.69. The zero-order valence-electron chi connectivity index (χ0n) is 10.6. The summed E-state index contributed by atoms with van der Waals surface area (Å²) in [6.45, 7) is 7.53. The summed E-state index contributed by atoms with van der Waals surface area (Å²) in [6, 6.07) is 0.808. The molecule has 1 N–H and O–H groups in total. The van der Waals surface area contributed by atoms with E-state index < -0.39 is 0 Å². The Morgan fingerprint density at radius 2 is 2.41 bits per heavy atom. The van der Waals surface area contributed by atoms with Crippen LogP contribution in [0.25, 0.3) is 0 Å². The average molecular weight is 252 g/mol. The molecule has 0 aliphatic carbocycles. The molecule has 1 aromatic rings. The van der Waals surface area contributed by atoms with Crippen molar-refractivity contribution in [2.24, 2.45) is 4.99 Å². The number of thioether (sulfide) groups is 1. The van der Waals surface area contributed by atoms with Crippen molar-refractivity contribution in [3.8, 4) is 0 Å². The molecule has 0 fully saturated rings. The van der Waals surface area contributed by atoms with Crippen molar-refractivity contribution in [1.29, 1.82) is 0 Å². The van der Waals surface area contributed by atoms with Gasteiger partial charge in [-0.15, -0.1) is 0 Å². The molecule has 1 aromatic heterocycles. The maximum Gasteiger partial charge on any atom is 0.157 e. The monoisotopic (exact) mass is 252 g/mol. The number of hydrogen-bond donors (Lipinski definition) is 1. The zero-order valence-corrected chi connectivity index (χ0v) is 11.4. The first-order chi connectivity index (χ1) is 8.13. The number of nitrogens with zero attached hydrogens (tertiary/aromatic N) is 3. The van der Waals surface area contributed by atoms with E-state index in [9.17, 15) is 0 Å². The van der Waals surface area contributed by atoms with Crippen LogP contribution in [0.15, 0.2) is 23.7 Å². The van der Waals surface area contributed by atoms with E-state index in [0.29, 0.717) is 17.3 Å². The third-order valence-corrected chi connectivity index (χ3v) is 3.78. The van der Waals surface area contributed by atoms with Crippen LogP contribution in [0.5, 0.6) is 0 Å². The fourth-order valence-corrected chi connectivity index (χ4v) is 3.31. The molecule has 5 heteroatoms. The van der Waals surface area contributed by atoms with Gasteiger partial charge in [-0.2, -0.15) is 0 Å². The Kier molecular flexibility index (Phi) is 4.10. The molecule has 2 rings (SSSR count). The Labute approximate surface area is 107 Å². The summed E-state index contributed by atoms with van der Waals surface area (Å²) in [5.74, 6) is 0. The molecule has 0 aromatic carbocycles. The number of imidazole rings is 1. The van der Waals surface area contributed by atoms with Crippen molar-refractivity contribution in [1.82, 2.24) is 14.9 Å². The SMILES string of the molecule is CC1CC(C)SC(NC(C)Cn2ccnc2)=N1. The van der Waals surface area contributed by atoms with Crippen LogP contribution in [0.4, 0.5) is 0 Å². The molecule has 4 nitrogen and oxygen atoms in total. The Hall–Kier alpha value is -0.970. The summed E-state index contributed by atoms with van der Waals surface area (Å²) in [5, 5.41) is 5.23. The highest BCUT2D eigenvalue weighted by Gasteiger charge is 2.19. The van der Waals surface area contributed by atoms with Gasteiger partial charge >= 0.3 is 0 Å². The fourth-order valence-electron chi connectivity index (χ4n) is 2.04. The molecule has 3 atom stereocenters. The largest absolute Gasteiger partial charge is 0.361 e. The first-order valence-corrected chi connectivity index (χ1v) is 6.98. The summed E-state index contributed by atoms with van der Waals surface area (Å²) in [7, 11) is 0. The minimum absolute atomic E-state index is 0.368. The van der Waals surface area contributed by atoms with Crippen LogP contribution in [0, 0.1) is 0 Å². The lowest BCUT2D eigenvalue weighted by Crippen LogP contribution is -2.37. The highest BCUT2D eigenvalue weighted by atomic mass is 32.2. The smallest absolute Gasteiger partial charge is 0.157 e. The van der Waals surface area contributed by atoms with Gasteiger partial charge in [0.25, 0.3) is 0 Å². The summed E-state index contributed by atoms with van der Waals surface area (Å²) >= 11 is 1.85. The van der Waals surface area contributed by atoms with Gasteiger partial charge in [-0.3, -0.25) is 4.99 Å². The number of hydrogen-bond acceptors (Lipinski definition) is 4. The second-order valence-corrected chi connectivity index (χ2v) is 6.18. The van der Waals surface area contributed by atoms with E-state index in [1.165, 1.54) is 6.42 Å². The van der Waals surface area contributed by atoms with Crippen LogP contribution in [-0.4, -0.2) is 32.1 Å². The number of nitrogens with one attached hydrogen (secondary N) is 1. The highest BCUT2D eigenvalue weighted by molar-refractivity contribution is 8.14. The lowest BCUT2D eigenvalue weighted by Gasteiger charge is -2.25. The van der Waals surface area contributed by atoms with E-state index in [4.69, 9.17) is 0 Å². The van der Waals surface area contributed by atoms with Crippen molar-refractivity contribution in [2.45, 2.75) is 51.1 Å². The topological polar surface area (TPSA) is 42.2 Å². The molecule has 3 unspecified atom stereocenters. The lowest BCUT2D eigenvalue weighted by molar-refractivity contribution is 0.544. The zero-order chi connectivity index (χ0) is 12.3. The summed E-state index contributed by atoms with van der Waals surface area (Å²) < 4.78 is 2.08. The van der Waals surface area contributed by atoms with Crippen molar-refractivity contribution in [2.75, 3.05) is 0 Å². The third kappa shape index (κ3) is 3.77. The molecule has 0 bridgehead atoms. The highest BCUT2D eigenvalue weighted by Crippen LogP contribution is 2.24. The molecule has 94 valence electrons. The molecular formula is C12H20N4S. The maximum absolute atomic E-state index is 4.65. The van der Waals surface area contributed by atoms with E-state index >= 15 is 0 Å². The van der Waals surface area contributed by atoms with Crippen LogP contribution in [0.1, 0.15) is 27.2 Å². The van der Waals surface area contributed by atoms with Gasteiger partial charge in [-0.05, 0) is 20.3 Å². The van der Waals surface area contributed by atoms with Crippen molar-refractivity contribution in [3.05, 3.63) is 18.7 Å². The molecule has 0 radical (unpaired) electrons. The quantitative estimate of drug-likeness (QED) is 0.896. The molecule has 0 saturated heterocycles. The molecule has 17 heavy (non-hydrogen) atoms. The van der Waals surface area contributed by atoms with E-state index in [2.05, 4.69) is 40.6 Å². The normalized spacial score (nSPS) is 26.4. The first-order valence-electron chi connectivity index (χ1n) is 6.10. The van der Waals surface area contributed by atoms with Gasteiger partial charge < -0.3 is 9.88 Å². The minimum atomic E-state index is 0.368. The van der Waals surface area contributed by atoms with Gasteiger partial charge in [-0.25, -0.2) is 4.98 Å². The van der Waals surface area contributed by atoms with Gasteiger partial charge in [0.05, 0.1) is 12.4 Å². The summed E-state index contributed by atoms with van der Waals surface area (Å²) in [6.07, 6.45) is 6.81. The molecule has 2 heterocycles. The number of aromatic nitrogens is 2. The number of amidine groups is 1. The molecule has 1 aliphatic heterocycles. The van der Waals surface area contributed by atoms with Crippen LogP contribution in [0.2, 0.25) is 0 Å². The Morgan fingerprint density at radius 3 is 3.06 bits per heavy atom. The van der Waals surface area contributed by atoms with Crippen LogP contribution >= 0.6 is 11.8 Å². The molecule has 1 aliphatic rings. The number of rotatable bonds is 3. The van der Waals surface area contributed by atoms with E-state index in [0.717, 1.165) is 11.7 Å². The maximum atomic E-state index is 4.65. The molecular weight excluding hydrogens is 232 g/mol. The van der Waals surface area contributed by atoms with Crippen LogP contribution < -0.4 is 5.32 Å². The standard InChI is InChI=1S/C12H20N4S/c1-9-6-11(3)17-12(14-9)15-10(2)7-16-5-4-13-8-16/h4-5,8-11H,6-7H2,1-3H3,(H,14,15). The third-order valence-electron chi connectivity index (χ3n) is 2.74. The van der Waals surface area contributed by atoms with E-state index in [1.54, 1.807) is 0 Å². The molecule has 0 saturated carbocycles. The predicted octanol–water partition coefficient (Wildman–Crippen LogP) is 2.13. The predicted molar refractivity (Wildman–Crippen MR) is 73.4 cm³/mol. The fraction of sp³-hybridized carbons (Fsp3) is 0.667. The first kappa shape index (κ1) is 12.5. The van der Waals surface area contributed by atoms with Crippen molar-refractivity contribution in [3.63, 3.8) is 0 Å². The van der Waals surface area contributed by atoms with E-state index in [-0.39, 0.29) is 0 Å². The van der Waals surface area contributed by atoms with Gasteiger partial charge in [0.15, 0.2) is 5.17 Å². The molecule has 0 amide bonds. The second kappa shape index (κ2) is 5.58. The van der Waals surface area contributed by atoms with Crippen molar-refractivity contribution < 1.29 is 0 Å². The summed E-state index contributed by atoms with van der Waals surface area (Å²) in [5.41, 5.74) is 0. The average Bonchev–Trinajstić information content (AvgIpc) is 2.67. The van der Waals surface area contributed by atoms with Crippen LogP contribution in [0.3, 0.4) is 0 Å².